The number of nitro benzene ring substituents is 1. The van der Waals surface area contributed by atoms with Crippen LogP contribution in [0.15, 0.2) is 18.2 Å². The zero-order valence-corrected chi connectivity index (χ0v) is 12.7. The summed E-state index contributed by atoms with van der Waals surface area (Å²) in [5.41, 5.74) is -0.221. The number of rotatable bonds is 8. The summed E-state index contributed by atoms with van der Waals surface area (Å²) in [5.74, 6) is -1.27. The second-order valence-corrected chi connectivity index (χ2v) is 5.07. The average molecular weight is 294 g/mol. The first-order valence-corrected chi connectivity index (χ1v) is 7.15. The molecule has 6 nitrogen and oxygen atoms in total. The van der Waals surface area contributed by atoms with E-state index in [1.807, 2.05) is 0 Å². The lowest BCUT2D eigenvalue weighted by Crippen LogP contribution is -2.43. The highest BCUT2D eigenvalue weighted by atomic mass is 16.6. The Morgan fingerprint density at radius 3 is 2.29 bits per heavy atom. The Hall–Kier alpha value is -1.95. The van der Waals surface area contributed by atoms with Gasteiger partial charge in [0.25, 0.3) is 5.69 Å². The predicted molar refractivity (Wildman–Crippen MR) is 80.5 cm³/mol. The van der Waals surface area contributed by atoms with Crippen molar-refractivity contribution in [2.45, 2.75) is 52.1 Å². The van der Waals surface area contributed by atoms with Gasteiger partial charge in [-0.2, -0.15) is 0 Å². The minimum Gasteiger partial charge on any atom is -0.477 e. The molecule has 0 aliphatic rings. The number of hydrogen-bond donors (Lipinski definition) is 2. The lowest BCUT2D eigenvalue weighted by atomic mass is 9.89. The van der Waals surface area contributed by atoms with Crippen LogP contribution in [0, 0.1) is 10.1 Å². The summed E-state index contributed by atoms with van der Waals surface area (Å²) in [6, 6.07) is 4.36. The molecule has 0 aliphatic carbocycles. The van der Waals surface area contributed by atoms with Gasteiger partial charge in [0.2, 0.25) is 0 Å². The molecule has 2 N–H and O–H groups in total. The van der Waals surface area contributed by atoms with E-state index in [9.17, 15) is 20.0 Å². The van der Waals surface area contributed by atoms with Crippen molar-refractivity contribution in [1.29, 1.82) is 0 Å². The topological polar surface area (TPSA) is 92.5 Å². The van der Waals surface area contributed by atoms with Crippen LogP contribution in [-0.4, -0.2) is 21.5 Å². The van der Waals surface area contributed by atoms with Crippen LogP contribution in [0.1, 0.15) is 56.0 Å². The lowest BCUT2D eigenvalue weighted by Gasteiger charge is -2.32. The lowest BCUT2D eigenvalue weighted by molar-refractivity contribution is -0.385. The van der Waals surface area contributed by atoms with Gasteiger partial charge >= 0.3 is 5.97 Å². The van der Waals surface area contributed by atoms with Crippen molar-refractivity contribution < 1.29 is 14.8 Å². The zero-order valence-electron chi connectivity index (χ0n) is 12.7. The number of benzene rings is 1. The van der Waals surface area contributed by atoms with E-state index in [2.05, 4.69) is 26.1 Å². The van der Waals surface area contributed by atoms with E-state index in [0.717, 1.165) is 19.3 Å². The molecule has 0 atom stereocenters. The zero-order chi connectivity index (χ0) is 16.0. The summed E-state index contributed by atoms with van der Waals surface area (Å²) < 4.78 is 0. The smallest absolute Gasteiger partial charge is 0.343 e. The van der Waals surface area contributed by atoms with E-state index in [4.69, 9.17) is 0 Å². The van der Waals surface area contributed by atoms with Gasteiger partial charge in [0.15, 0.2) is 0 Å². The second-order valence-electron chi connectivity index (χ2n) is 5.07. The van der Waals surface area contributed by atoms with Crippen LogP contribution in [-0.2, 0) is 6.54 Å². The summed E-state index contributed by atoms with van der Waals surface area (Å²) in [4.78, 5) is 21.7. The van der Waals surface area contributed by atoms with Crippen molar-refractivity contribution in [1.82, 2.24) is 5.32 Å². The Bertz CT molecular complexity index is 516. The van der Waals surface area contributed by atoms with E-state index < -0.39 is 10.9 Å². The number of nitrogens with one attached hydrogen (secondary N) is 1. The number of carboxylic acid groups (broad SMARTS) is 1. The van der Waals surface area contributed by atoms with Gasteiger partial charge in [-0.1, -0.05) is 32.9 Å². The summed E-state index contributed by atoms with van der Waals surface area (Å²) in [6.07, 6.45) is 2.74. The normalized spacial score (nSPS) is 11.4. The minimum absolute atomic E-state index is 0.0691. The van der Waals surface area contributed by atoms with Gasteiger partial charge in [0.1, 0.15) is 5.56 Å². The molecule has 1 aromatic carbocycles. The van der Waals surface area contributed by atoms with Crippen LogP contribution in [0.2, 0.25) is 0 Å². The van der Waals surface area contributed by atoms with E-state index in [1.54, 1.807) is 6.07 Å². The molecule has 1 aromatic rings. The molecule has 1 rings (SSSR count). The molecule has 0 aromatic heterocycles. The van der Waals surface area contributed by atoms with Crippen LogP contribution >= 0.6 is 0 Å². The van der Waals surface area contributed by atoms with Crippen molar-refractivity contribution in [3.05, 3.63) is 39.4 Å². The van der Waals surface area contributed by atoms with Gasteiger partial charge < -0.3 is 10.4 Å². The number of carboxylic acids is 1. The van der Waals surface area contributed by atoms with E-state index in [0.29, 0.717) is 12.1 Å². The van der Waals surface area contributed by atoms with Gasteiger partial charge in [-0.3, -0.25) is 10.1 Å². The predicted octanol–water partition coefficient (Wildman–Crippen LogP) is 3.35. The Balaban J connectivity index is 3.12. The first-order chi connectivity index (χ1) is 9.90. The number of aromatic carboxylic acids is 1. The van der Waals surface area contributed by atoms with Crippen LogP contribution in [0.3, 0.4) is 0 Å². The Labute approximate surface area is 124 Å². The fourth-order valence-corrected chi connectivity index (χ4v) is 2.54. The molecule has 0 saturated heterocycles. The molecule has 0 spiro atoms. The van der Waals surface area contributed by atoms with Crippen molar-refractivity contribution >= 4 is 11.7 Å². The van der Waals surface area contributed by atoms with Gasteiger partial charge in [-0.05, 0) is 24.8 Å². The summed E-state index contributed by atoms with van der Waals surface area (Å²) in [6.45, 7) is 6.53. The van der Waals surface area contributed by atoms with Crippen LogP contribution in [0.25, 0.3) is 0 Å². The van der Waals surface area contributed by atoms with Gasteiger partial charge in [0, 0.05) is 18.2 Å². The van der Waals surface area contributed by atoms with E-state index in [1.165, 1.54) is 12.1 Å². The maximum absolute atomic E-state index is 11.3. The maximum atomic E-state index is 11.3. The number of nitrogens with zero attached hydrogens (tertiary/aromatic N) is 1. The largest absolute Gasteiger partial charge is 0.477 e. The fourth-order valence-electron chi connectivity index (χ4n) is 2.54. The Kier molecular flexibility index (Phi) is 5.84. The first-order valence-electron chi connectivity index (χ1n) is 7.15. The third-order valence-corrected chi connectivity index (χ3v) is 4.22. The molecular weight excluding hydrogens is 272 g/mol. The van der Waals surface area contributed by atoms with Crippen molar-refractivity contribution in [2.75, 3.05) is 0 Å². The molecule has 0 amide bonds. The molecule has 6 heteroatoms. The fraction of sp³-hybridized carbons (Fsp3) is 0.533. The van der Waals surface area contributed by atoms with E-state index in [-0.39, 0.29) is 16.8 Å². The average Bonchev–Trinajstić information content (AvgIpc) is 2.48. The standard InChI is InChI=1S/C15H22N2O4/c1-4-15(5-2,6-3)16-10-11-8-7-9-12(17(20)21)13(11)14(18)19/h7-9,16H,4-6,10H2,1-3H3,(H,18,19). The molecule has 0 unspecified atom stereocenters. The molecule has 21 heavy (non-hydrogen) atoms. The second kappa shape index (κ2) is 7.17. The quantitative estimate of drug-likeness (QED) is 0.566. The van der Waals surface area contributed by atoms with Crippen molar-refractivity contribution in [2.24, 2.45) is 0 Å². The summed E-state index contributed by atoms with van der Waals surface area (Å²) in [7, 11) is 0. The van der Waals surface area contributed by atoms with Crippen LogP contribution in [0.5, 0.6) is 0 Å². The van der Waals surface area contributed by atoms with Gasteiger partial charge in [-0.15, -0.1) is 0 Å². The van der Waals surface area contributed by atoms with Crippen LogP contribution in [0.4, 0.5) is 5.69 Å². The third-order valence-electron chi connectivity index (χ3n) is 4.22. The molecule has 0 bridgehead atoms. The Morgan fingerprint density at radius 2 is 1.86 bits per heavy atom. The first kappa shape index (κ1) is 17.1. The molecule has 0 saturated carbocycles. The van der Waals surface area contributed by atoms with Crippen molar-refractivity contribution in [3.8, 4) is 0 Å². The number of carbonyl (C=O) groups is 1. The van der Waals surface area contributed by atoms with Gasteiger partial charge in [-0.25, -0.2) is 4.79 Å². The molecule has 0 aliphatic heterocycles. The summed E-state index contributed by atoms with van der Waals surface area (Å²) >= 11 is 0. The SMILES string of the molecule is CCC(CC)(CC)NCc1cccc([N+](=O)[O-])c1C(=O)O. The third kappa shape index (κ3) is 3.78. The minimum atomic E-state index is -1.27. The van der Waals surface area contributed by atoms with Crippen molar-refractivity contribution in [3.63, 3.8) is 0 Å². The van der Waals surface area contributed by atoms with Crippen LogP contribution < -0.4 is 5.32 Å². The highest BCUT2D eigenvalue weighted by Gasteiger charge is 2.26. The van der Waals surface area contributed by atoms with E-state index >= 15 is 0 Å². The molecule has 0 fully saturated rings. The molecule has 0 heterocycles. The Morgan fingerprint density at radius 1 is 1.29 bits per heavy atom. The number of hydrogen-bond acceptors (Lipinski definition) is 4. The highest BCUT2D eigenvalue weighted by Crippen LogP contribution is 2.25. The molecular formula is C15H22N2O4. The monoisotopic (exact) mass is 294 g/mol. The highest BCUT2D eigenvalue weighted by molar-refractivity contribution is 5.94. The summed E-state index contributed by atoms with van der Waals surface area (Å²) in [5, 5.41) is 23.6. The molecule has 116 valence electrons. The maximum Gasteiger partial charge on any atom is 0.343 e. The number of nitro groups is 1. The van der Waals surface area contributed by atoms with Gasteiger partial charge in [0.05, 0.1) is 4.92 Å². The molecule has 0 radical (unpaired) electrons.